The molecule has 1 saturated heterocycles. The zero-order valence-electron chi connectivity index (χ0n) is 12.4. The van der Waals surface area contributed by atoms with Gasteiger partial charge in [0.1, 0.15) is 0 Å². The van der Waals surface area contributed by atoms with E-state index in [9.17, 15) is 4.79 Å². The van der Waals surface area contributed by atoms with Gasteiger partial charge in [-0.25, -0.2) is 0 Å². The highest BCUT2D eigenvalue weighted by atomic mass is 16.1. The molecule has 0 radical (unpaired) electrons. The van der Waals surface area contributed by atoms with Crippen LogP contribution in [0, 0.1) is 5.92 Å². The first-order chi connectivity index (χ1) is 9.60. The maximum absolute atomic E-state index is 12.2. The van der Waals surface area contributed by atoms with Gasteiger partial charge in [-0.3, -0.25) is 4.79 Å². The third kappa shape index (κ3) is 3.81. The van der Waals surface area contributed by atoms with Crippen molar-refractivity contribution in [3.8, 4) is 0 Å². The van der Waals surface area contributed by atoms with E-state index in [1.54, 1.807) is 0 Å². The summed E-state index contributed by atoms with van der Waals surface area (Å²) in [5, 5.41) is 3.18. The summed E-state index contributed by atoms with van der Waals surface area (Å²) in [7, 11) is 2.13. The molecular weight excluding hydrogens is 250 g/mol. The van der Waals surface area contributed by atoms with Gasteiger partial charge in [0.15, 0.2) is 0 Å². The van der Waals surface area contributed by atoms with Crippen LogP contribution >= 0.6 is 0 Å². The van der Waals surface area contributed by atoms with Crippen molar-refractivity contribution in [2.24, 2.45) is 11.7 Å². The molecule has 1 aromatic rings. The van der Waals surface area contributed by atoms with E-state index in [1.165, 1.54) is 0 Å². The van der Waals surface area contributed by atoms with E-state index in [2.05, 4.69) is 24.2 Å². The number of rotatable bonds is 4. The van der Waals surface area contributed by atoms with E-state index in [0.29, 0.717) is 24.9 Å². The monoisotopic (exact) mass is 275 g/mol. The van der Waals surface area contributed by atoms with Gasteiger partial charge < -0.3 is 16.0 Å². The van der Waals surface area contributed by atoms with Crippen LogP contribution in [0.15, 0.2) is 24.3 Å². The summed E-state index contributed by atoms with van der Waals surface area (Å²) in [6.07, 6.45) is 1.45. The second-order valence-corrected chi connectivity index (χ2v) is 5.85. The van der Waals surface area contributed by atoms with Crippen molar-refractivity contribution in [2.45, 2.75) is 32.4 Å². The number of hydrogen-bond donors (Lipinski definition) is 2. The SMILES string of the molecule is CC1CN(C)CCC1NC(=O)Cc1ccccc1CN. The summed E-state index contributed by atoms with van der Waals surface area (Å²) in [6, 6.07) is 8.19. The van der Waals surface area contributed by atoms with E-state index in [-0.39, 0.29) is 5.91 Å². The number of amides is 1. The standard InChI is InChI=1S/C16H25N3O/c1-12-11-19(2)8-7-15(12)18-16(20)9-13-5-3-4-6-14(13)10-17/h3-6,12,15H,7-11,17H2,1-2H3,(H,18,20). The Morgan fingerprint density at radius 2 is 2.10 bits per heavy atom. The van der Waals surface area contributed by atoms with Crippen LogP contribution in [0.5, 0.6) is 0 Å². The molecule has 0 bridgehead atoms. The molecule has 0 saturated carbocycles. The summed E-state index contributed by atoms with van der Waals surface area (Å²) in [5.41, 5.74) is 7.80. The predicted molar refractivity (Wildman–Crippen MR) is 81.2 cm³/mol. The van der Waals surface area contributed by atoms with Crippen LogP contribution in [0.3, 0.4) is 0 Å². The molecule has 2 unspecified atom stereocenters. The van der Waals surface area contributed by atoms with Gasteiger partial charge in [0.05, 0.1) is 6.42 Å². The summed E-state index contributed by atoms with van der Waals surface area (Å²) < 4.78 is 0. The highest BCUT2D eigenvalue weighted by Gasteiger charge is 2.25. The van der Waals surface area contributed by atoms with Crippen molar-refractivity contribution in [1.82, 2.24) is 10.2 Å². The highest BCUT2D eigenvalue weighted by molar-refractivity contribution is 5.79. The quantitative estimate of drug-likeness (QED) is 0.866. The maximum atomic E-state index is 12.2. The number of nitrogens with zero attached hydrogens (tertiary/aromatic N) is 1. The molecule has 3 N–H and O–H groups in total. The van der Waals surface area contributed by atoms with E-state index in [1.807, 2.05) is 24.3 Å². The molecule has 1 aromatic carbocycles. The number of nitrogens with two attached hydrogens (primary N) is 1. The van der Waals surface area contributed by atoms with Gasteiger partial charge in [-0.1, -0.05) is 31.2 Å². The number of piperidine rings is 1. The molecule has 1 aliphatic rings. The molecule has 0 spiro atoms. The second kappa shape index (κ2) is 6.86. The van der Waals surface area contributed by atoms with Crippen LogP contribution in [0.4, 0.5) is 0 Å². The topological polar surface area (TPSA) is 58.4 Å². The summed E-state index contributed by atoms with van der Waals surface area (Å²) in [6.45, 7) is 4.78. The lowest BCUT2D eigenvalue weighted by Gasteiger charge is -2.35. The molecule has 0 aromatic heterocycles. The minimum atomic E-state index is 0.104. The molecule has 1 heterocycles. The lowest BCUT2D eigenvalue weighted by Crippen LogP contribution is -2.49. The largest absolute Gasteiger partial charge is 0.353 e. The maximum Gasteiger partial charge on any atom is 0.224 e. The Kier molecular flexibility index (Phi) is 5.15. The van der Waals surface area contributed by atoms with Crippen molar-refractivity contribution >= 4 is 5.91 Å². The highest BCUT2D eigenvalue weighted by Crippen LogP contribution is 2.16. The second-order valence-electron chi connectivity index (χ2n) is 5.85. The first-order valence-electron chi connectivity index (χ1n) is 7.35. The van der Waals surface area contributed by atoms with E-state index >= 15 is 0 Å². The minimum absolute atomic E-state index is 0.104. The Balaban J connectivity index is 1.92. The van der Waals surface area contributed by atoms with Crippen molar-refractivity contribution in [3.63, 3.8) is 0 Å². The molecule has 1 fully saturated rings. The third-order valence-electron chi connectivity index (χ3n) is 4.14. The molecule has 1 aliphatic heterocycles. The average molecular weight is 275 g/mol. The fourth-order valence-electron chi connectivity index (χ4n) is 2.93. The van der Waals surface area contributed by atoms with Gasteiger partial charge in [0.2, 0.25) is 5.91 Å². The molecule has 4 nitrogen and oxygen atoms in total. The number of hydrogen-bond acceptors (Lipinski definition) is 3. The lowest BCUT2D eigenvalue weighted by molar-refractivity contribution is -0.121. The van der Waals surface area contributed by atoms with E-state index in [4.69, 9.17) is 5.73 Å². The first kappa shape index (κ1) is 15.0. The number of nitrogens with one attached hydrogen (secondary N) is 1. The average Bonchev–Trinajstić information content (AvgIpc) is 2.42. The predicted octanol–water partition coefficient (Wildman–Crippen LogP) is 1.14. The smallest absolute Gasteiger partial charge is 0.224 e. The van der Waals surface area contributed by atoms with Crippen LogP contribution in [0.2, 0.25) is 0 Å². The van der Waals surface area contributed by atoms with Crippen LogP contribution in [-0.4, -0.2) is 37.0 Å². The molecular formula is C16H25N3O. The van der Waals surface area contributed by atoms with Crippen molar-refractivity contribution in [2.75, 3.05) is 20.1 Å². The van der Waals surface area contributed by atoms with Crippen molar-refractivity contribution in [1.29, 1.82) is 0 Å². The Labute approximate surface area is 121 Å². The molecule has 110 valence electrons. The zero-order chi connectivity index (χ0) is 14.5. The Morgan fingerprint density at radius 1 is 1.40 bits per heavy atom. The third-order valence-corrected chi connectivity index (χ3v) is 4.14. The van der Waals surface area contributed by atoms with Crippen molar-refractivity contribution < 1.29 is 4.79 Å². The Morgan fingerprint density at radius 3 is 2.75 bits per heavy atom. The number of benzene rings is 1. The van der Waals surface area contributed by atoms with Gasteiger partial charge in [-0.15, -0.1) is 0 Å². The van der Waals surface area contributed by atoms with Gasteiger partial charge in [0, 0.05) is 19.1 Å². The molecule has 2 rings (SSSR count). The lowest BCUT2D eigenvalue weighted by atomic mass is 9.94. The molecule has 4 heteroatoms. The summed E-state index contributed by atoms with van der Waals surface area (Å²) >= 11 is 0. The Bertz CT molecular complexity index is 461. The first-order valence-corrected chi connectivity index (χ1v) is 7.35. The fourth-order valence-corrected chi connectivity index (χ4v) is 2.93. The number of carbonyl (C=O) groups excluding carboxylic acids is 1. The Hall–Kier alpha value is -1.39. The van der Waals surface area contributed by atoms with Gasteiger partial charge >= 0.3 is 0 Å². The normalized spacial score (nSPS) is 23.6. The summed E-state index contributed by atoms with van der Waals surface area (Å²) in [5.74, 6) is 0.606. The molecule has 2 atom stereocenters. The molecule has 0 aliphatic carbocycles. The molecule has 1 amide bonds. The van der Waals surface area contributed by atoms with E-state index < -0.39 is 0 Å². The minimum Gasteiger partial charge on any atom is -0.353 e. The van der Waals surface area contributed by atoms with Crippen molar-refractivity contribution in [3.05, 3.63) is 35.4 Å². The summed E-state index contributed by atoms with van der Waals surface area (Å²) in [4.78, 5) is 14.5. The van der Waals surface area contributed by atoms with Crippen LogP contribution in [0.25, 0.3) is 0 Å². The van der Waals surface area contributed by atoms with Crippen LogP contribution in [0.1, 0.15) is 24.5 Å². The van der Waals surface area contributed by atoms with Gasteiger partial charge in [-0.2, -0.15) is 0 Å². The van der Waals surface area contributed by atoms with Crippen LogP contribution in [-0.2, 0) is 17.8 Å². The molecule has 20 heavy (non-hydrogen) atoms. The van der Waals surface area contributed by atoms with Gasteiger partial charge in [0.25, 0.3) is 0 Å². The van der Waals surface area contributed by atoms with E-state index in [0.717, 1.165) is 30.6 Å². The number of likely N-dealkylation sites (tertiary alicyclic amines) is 1. The fraction of sp³-hybridized carbons (Fsp3) is 0.562. The number of carbonyl (C=O) groups is 1. The van der Waals surface area contributed by atoms with Crippen LogP contribution < -0.4 is 11.1 Å². The zero-order valence-corrected chi connectivity index (χ0v) is 12.4. The van der Waals surface area contributed by atoms with Gasteiger partial charge in [-0.05, 0) is 37.1 Å².